The first-order chi connectivity index (χ1) is 15.7. The van der Waals surface area contributed by atoms with E-state index < -0.39 is 42.5 Å². The Morgan fingerprint density at radius 2 is 1.94 bits per heavy atom. The summed E-state index contributed by atoms with van der Waals surface area (Å²) in [6.07, 6.45) is 0.477. The summed E-state index contributed by atoms with van der Waals surface area (Å²) in [6, 6.07) is 4.26. The molecule has 1 aromatic carbocycles. The summed E-state index contributed by atoms with van der Waals surface area (Å²) in [6.45, 7) is 1.43. The molecule has 0 aromatic heterocycles. The zero-order valence-corrected chi connectivity index (χ0v) is 19.6. The molecule has 4 amide bonds. The predicted octanol–water partition coefficient (Wildman–Crippen LogP) is -0.231. The third kappa shape index (κ3) is 5.84. The van der Waals surface area contributed by atoms with Gasteiger partial charge in [0.15, 0.2) is 0 Å². The maximum atomic E-state index is 13.0. The van der Waals surface area contributed by atoms with Crippen LogP contribution in [-0.2, 0) is 29.7 Å². The Morgan fingerprint density at radius 3 is 2.58 bits per heavy atom. The van der Waals surface area contributed by atoms with Crippen LogP contribution in [0.15, 0.2) is 24.3 Å². The van der Waals surface area contributed by atoms with Crippen LogP contribution in [0.4, 0.5) is 0 Å². The van der Waals surface area contributed by atoms with Crippen molar-refractivity contribution in [1.29, 1.82) is 0 Å². The summed E-state index contributed by atoms with van der Waals surface area (Å²) >= 11 is 1.40. The minimum atomic E-state index is -1.22. The number of likely N-dealkylation sites (N-methyl/N-ethyl adjacent to an activating group) is 1. The normalized spacial score (nSPS) is 23.5. The number of ether oxygens (including phenoxy) is 1. The molecule has 0 unspecified atom stereocenters. The van der Waals surface area contributed by atoms with Crippen molar-refractivity contribution in [2.24, 2.45) is 0 Å². The maximum absolute atomic E-state index is 13.0. The van der Waals surface area contributed by atoms with Crippen molar-refractivity contribution in [2.45, 2.75) is 37.2 Å². The lowest BCUT2D eigenvalue weighted by Crippen LogP contribution is -2.62. The Balaban J connectivity index is 1.83. The molecule has 10 nitrogen and oxygen atoms in total. The highest BCUT2D eigenvalue weighted by molar-refractivity contribution is 7.98. The largest absolute Gasteiger partial charge is 0.459 e. The van der Waals surface area contributed by atoms with Crippen LogP contribution in [0.3, 0.4) is 0 Å². The lowest BCUT2D eigenvalue weighted by Gasteiger charge is -2.39. The zero-order valence-electron chi connectivity index (χ0n) is 18.8. The smallest absolute Gasteiger partial charge is 0.338 e. The van der Waals surface area contributed by atoms with Crippen molar-refractivity contribution in [3.8, 4) is 0 Å². The van der Waals surface area contributed by atoms with Crippen molar-refractivity contribution in [1.82, 2.24) is 20.4 Å². The van der Waals surface area contributed by atoms with E-state index in [0.717, 1.165) is 5.56 Å². The van der Waals surface area contributed by atoms with E-state index in [1.54, 1.807) is 26.2 Å². The molecule has 1 fully saturated rings. The molecule has 3 atom stereocenters. The Morgan fingerprint density at radius 1 is 1.21 bits per heavy atom. The van der Waals surface area contributed by atoms with Gasteiger partial charge in [-0.15, -0.1) is 0 Å². The number of hydrogen-bond acceptors (Lipinski definition) is 7. The second-order valence-corrected chi connectivity index (χ2v) is 9.17. The fourth-order valence-electron chi connectivity index (χ4n) is 3.62. The molecule has 1 aromatic rings. The minimum absolute atomic E-state index is 0.235. The lowest BCUT2D eigenvalue weighted by molar-refractivity contribution is -0.147. The number of thioether (sulfide) groups is 1. The molecule has 0 aliphatic carbocycles. The number of carbonyl (C=O) groups excluding carboxylic acids is 5. The van der Waals surface area contributed by atoms with Crippen LogP contribution in [0.2, 0.25) is 0 Å². The molecule has 33 heavy (non-hydrogen) atoms. The van der Waals surface area contributed by atoms with Gasteiger partial charge < -0.3 is 25.2 Å². The molecular weight excluding hydrogens is 448 g/mol. The van der Waals surface area contributed by atoms with Crippen LogP contribution in [0.25, 0.3) is 0 Å². The summed E-state index contributed by atoms with van der Waals surface area (Å²) in [7, 11) is 3.19. The van der Waals surface area contributed by atoms with Crippen molar-refractivity contribution in [3.63, 3.8) is 0 Å². The molecular formula is C22H28N4O6S. The van der Waals surface area contributed by atoms with Gasteiger partial charge in [-0.3, -0.25) is 19.2 Å². The van der Waals surface area contributed by atoms with E-state index in [-0.39, 0.29) is 17.6 Å². The van der Waals surface area contributed by atoms with Gasteiger partial charge in [0.2, 0.25) is 23.6 Å². The first-order valence-electron chi connectivity index (χ1n) is 10.6. The standard InChI is InChI=1S/C22H28N4O6S/c1-13(27)26-9-8-18(26)20(29)23-16-10-32-22(31)15-7-5-4-6-14(15)11-33-12-17(24-19(16)28)21(30)25(2)3/h4-7,16-18H,8-12H2,1-3H3,(H,23,29)(H,24,28)/t16-,17-,18+/m1/s1. The fourth-order valence-corrected chi connectivity index (χ4v) is 4.67. The second kappa shape index (κ2) is 10.7. The van der Waals surface area contributed by atoms with Crippen molar-refractivity contribution in [3.05, 3.63) is 35.4 Å². The molecule has 2 heterocycles. The number of amides is 4. The molecule has 3 rings (SSSR count). The Hall–Kier alpha value is -3.08. The number of fused-ring (bicyclic) bond motifs is 1. The summed E-state index contributed by atoms with van der Waals surface area (Å²) in [5.74, 6) is -1.53. The molecule has 0 spiro atoms. The van der Waals surface area contributed by atoms with Gasteiger partial charge in [-0.05, 0) is 18.1 Å². The lowest BCUT2D eigenvalue weighted by atomic mass is 10.0. The third-order valence-corrected chi connectivity index (χ3v) is 6.66. The number of nitrogens with zero attached hydrogens (tertiary/aromatic N) is 2. The second-order valence-electron chi connectivity index (χ2n) is 8.14. The van der Waals surface area contributed by atoms with Crippen LogP contribution in [-0.4, -0.2) is 90.5 Å². The average molecular weight is 477 g/mol. The van der Waals surface area contributed by atoms with Crippen molar-refractivity contribution >= 4 is 41.4 Å². The highest BCUT2D eigenvalue weighted by Gasteiger charge is 2.38. The third-order valence-electron chi connectivity index (χ3n) is 5.58. The summed E-state index contributed by atoms with van der Waals surface area (Å²) in [5, 5.41) is 5.27. The maximum Gasteiger partial charge on any atom is 0.338 e. The van der Waals surface area contributed by atoms with E-state index in [0.29, 0.717) is 24.3 Å². The molecule has 2 aliphatic rings. The summed E-state index contributed by atoms with van der Waals surface area (Å²) in [5.41, 5.74) is 1.12. The van der Waals surface area contributed by atoms with Crippen LogP contribution in [0.5, 0.6) is 0 Å². The molecule has 0 bridgehead atoms. The number of carbonyl (C=O) groups is 5. The van der Waals surface area contributed by atoms with E-state index >= 15 is 0 Å². The topological polar surface area (TPSA) is 125 Å². The molecule has 11 heteroatoms. The molecule has 0 saturated carbocycles. The number of benzene rings is 1. The van der Waals surface area contributed by atoms with E-state index in [1.165, 1.54) is 28.5 Å². The van der Waals surface area contributed by atoms with Gasteiger partial charge in [-0.2, -0.15) is 11.8 Å². The van der Waals surface area contributed by atoms with Gasteiger partial charge in [-0.25, -0.2) is 4.79 Å². The van der Waals surface area contributed by atoms with Gasteiger partial charge in [0, 0.05) is 39.1 Å². The highest BCUT2D eigenvalue weighted by atomic mass is 32.2. The van der Waals surface area contributed by atoms with Gasteiger partial charge in [0.1, 0.15) is 24.7 Å². The number of nitrogens with one attached hydrogen (secondary N) is 2. The number of cyclic esters (lactones) is 1. The first-order valence-corrected chi connectivity index (χ1v) is 11.8. The average Bonchev–Trinajstić information content (AvgIpc) is 2.73. The number of esters is 1. The molecule has 0 radical (unpaired) electrons. The van der Waals surface area contributed by atoms with Crippen LogP contribution < -0.4 is 10.6 Å². The summed E-state index contributed by atoms with van der Waals surface area (Å²) < 4.78 is 5.37. The van der Waals surface area contributed by atoms with E-state index in [4.69, 9.17) is 4.74 Å². The zero-order chi connectivity index (χ0) is 24.1. The quantitative estimate of drug-likeness (QED) is 0.577. The number of hydrogen-bond donors (Lipinski definition) is 2. The monoisotopic (exact) mass is 476 g/mol. The molecule has 2 N–H and O–H groups in total. The van der Waals surface area contributed by atoms with Gasteiger partial charge in [0.05, 0.1) is 5.56 Å². The van der Waals surface area contributed by atoms with Crippen molar-refractivity contribution < 1.29 is 28.7 Å². The van der Waals surface area contributed by atoms with Crippen LogP contribution in [0.1, 0.15) is 29.3 Å². The number of likely N-dealkylation sites (tertiary alicyclic amines) is 1. The SMILES string of the molecule is CC(=O)N1CC[C@H]1C(=O)N[C@@H]1COC(=O)c2ccccc2CSC[C@H](C(=O)N(C)C)NC1=O. The Labute approximate surface area is 196 Å². The molecule has 2 aliphatic heterocycles. The van der Waals surface area contributed by atoms with Crippen molar-refractivity contribution in [2.75, 3.05) is 33.0 Å². The molecule has 178 valence electrons. The Kier molecular flexibility index (Phi) is 7.96. The summed E-state index contributed by atoms with van der Waals surface area (Å²) in [4.78, 5) is 65.5. The van der Waals surface area contributed by atoms with Gasteiger partial charge in [0.25, 0.3) is 0 Å². The number of rotatable bonds is 3. The predicted molar refractivity (Wildman–Crippen MR) is 121 cm³/mol. The minimum Gasteiger partial charge on any atom is -0.459 e. The first kappa shape index (κ1) is 24.6. The van der Waals surface area contributed by atoms with Gasteiger partial charge in [-0.1, -0.05) is 18.2 Å². The van der Waals surface area contributed by atoms with Crippen LogP contribution in [0, 0.1) is 0 Å². The van der Waals surface area contributed by atoms with Crippen LogP contribution >= 0.6 is 11.8 Å². The highest BCUT2D eigenvalue weighted by Crippen LogP contribution is 2.20. The van der Waals surface area contributed by atoms with E-state index in [1.807, 2.05) is 12.1 Å². The molecule has 1 saturated heterocycles. The fraction of sp³-hybridized carbons (Fsp3) is 0.500. The van der Waals surface area contributed by atoms with E-state index in [2.05, 4.69) is 10.6 Å². The van der Waals surface area contributed by atoms with E-state index in [9.17, 15) is 24.0 Å². The Bertz CT molecular complexity index is 953. The van der Waals surface area contributed by atoms with Gasteiger partial charge >= 0.3 is 5.97 Å².